The fourth-order valence-corrected chi connectivity index (χ4v) is 3.15. The Kier molecular flexibility index (Phi) is 2.72. The van der Waals surface area contributed by atoms with Crippen molar-refractivity contribution in [3.8, 4) is 0 Å². The highest BCUT2D eigenvalue weighted by Gasteiger charge is 2.24. The highest BCUT2D eigenvalue weighted by molar-refractivity contribution is 5.13. The van der Waals surface area contributed by atoms with Crippen molar-refractivity contribution in [2.45, 2.75) is 50.5 Å². The van der Waals surface area contributed by atoms with E-state index in [1.54, 1.807) is 0 Å². The van der Waals surface area contributed by atoms with Gasteiger partial charge in [-0.25, -0.2) is 4.98 Å². The summed E-state index contributed by atoms with van der Waals surface area (Å²) in [5.41, 5.74) is 1.34. The quantitative estimate of drug-likeness (QED) is 0.828. The van der Waals surface area contributed by atoms with Gasteiger partial charge in [0.05, 0.1) is 11.7 Å². The van der Waals surface area contributed by atoms with Crippen molar-refractivity contribution in [1.82, 2.24) is 14.9 Å². The van der Waals surface area contributed by atoms with Crippen LogP contribution in [0.1, 0.15) is 62.0 Å². The Morgan fingerprint density at radius 3 is 2.75 bits per heavy atom. The van der Waals surface area contributed by atoms with Gasteiger partial charge in [-0.3, -0.25) is 0 Å². The predicted octanol–water partition coefficient (Wildman–Crippen LogP) is 2.50. The van der Waals surface area contributed by atoms with Gasteiger partial charge < -0.3 is 9.88 Å². The number of aryl methyl sites for hydroxylation is 1. The summed E-state index contributed by atoms with van der Waals surface area (Å²) in [6.45, 7) is 1.15. The number of nitrogens with zero attached hydrogens (tertiary/aromatic N) is 2. The normalized spacial score (nSPS) is 26.7. The van der Waals surface area contributed by atoms with E-state index >= 15 is 0 Å². The van der Waals surface area contributed by atoms with Crippen LogP contribution in [-0.2, 0) is 7.05 Å². The van der Waals surface area contributed by atoms with Gasteiger partial charge in [0.15, 0.2) is 0 Å². The van der Waals surface area contributed by atoms with Crippen LogP contribution in [0.2, 0.25) is 0 Å². The van der Waals surface area contributed by atoms with Crippen LogP contribution in [0.5, 0.6) is 0 Å². The highest BCUT2D eigenvalue weighted by atomic mass is 15.1. The molecule has 3 nitrogen and oxygen atoms in total. The molecule has 1 atom stereocenters. The second-order valence-corrected chi connectivity index (χ2v) is 5.27. The highest BCUT2D eigenvalue weighted by Crippen LogP contribution is 2.34. The Labute approximate surface area is 97.3 Å². The van der Waals surface area contributed by atoms with Crippen molar-refractivity contribution < 1.29 is 0 Å². The first-order valence-electron chi connectivity index (χ1n) is 6.61. The summed E-state index contributed by atoms with van der Waals surface area (Å²) in [4.78, 5) is 4.87. The van der Waals surface area contributed by atoms with E-state index in [9.17, 15) is 0 Å². The van der Waals surface area contributed by atoms with Gasteiger partial charge in [-0.05, 0) is 32.2 Å². The maximum atomic E-state index is 4.87. The van der Waals surface area contributed by atoms with Gasteiger partial charge in [0, 0.05) is 19.2 Å². The van der Waals surface area contributed by atoms with Gasteiger partial charge >= 0.3 is 0 Å². The standard InChI is InChI=1S/C13H21N3/c1-16-9-12(10-5-2-3-6-10)15-13(16)11-7-4-8-14-11/h9-11,14H,2-8H2,1H3. The van der Waals surface area contributed by atoms with Crippen molar-refractivity contribution in [3.05, 3.63) is 17.7 Å². The minimum Gasteiger partial charge on any atom is -0.336 e. The first kappa shape index (κ1) is 10.3. The Morgan fingerprint density at radius 1 is 1.25 bits per heavy atom. The van der Waals surface area contributed by atoms with E-state index in [4.69, 9.17) is 4.98 Å². The van der Waals surface area contributed by atoms with Crippen molar-refractivity contribution in [2.24, 2.45) is 7.05 Å². The average Bonchev–Trinajstić information content (AvgIpc) is 2.97. The fourth-order valence-electron chi connectivity index (χ4n) is 3.15. The number of imidazole rings is 1. The van der Waals surface area contributed by atoms with Crippen molar-refractivity contribution in [1.29, 1.82) is 0 Å². The zero-order valence-electron chi connectivity index (χ0n) is 10.1. The summed E-state index contributed by atoms with van der Waals surface area (Å²) >= 11 is 0. The summed E-state index contributed by atoms with van der Waals surface area (Å²) in [7, 11) is 2.14. The maximum absolute atomic E-state index is 4.87. The zero-order chi connectivity index (χ0) is 11.0. The molecule has 1 N–H and O–H groups in total. The van der Waals surface area contributed by atoms with E-state index in [0.717, 1.165) is 12.5 Å². The topological polar surface area (TPSA) is 29.9 Å². The van der Waals surface area contributed by atoms with E-state index in [0.29, 0.717) is 6.04 Å². The van der Waals surface area contributed by atoms with Crippen molar-refractivity contribution in [3.63, 3.8) is 0 Å². The molecule has 2 aliphatic rings. The van der Waals surface area contributed by atoms with E-state index in [1.807, 2.05) is 0 Å². The SMILES string of the molecule is Cn1cc(C2CCCC2)nc1C1CCCN1. The number of nitrogens with one attached hydrogen (secondary N) is 1. The zero-order valence-corrected chi connectivity index (χ0v) is 10.1. The Morgan fingerprint density at radius 2 is 2.06 bits per heavy atom. The lowest BCUT2D eigenvalue weighted by molar-refractivity contribution is 0.577. The molecule has 1 aromatic heterocycles. The molecule has 1 aliphatic carbocycles. The van der Waals surface area contributed by atoms with Gasteiger partial charge in [-0.15, -0.1) is 0 Å². The number of hydrogen-bond acceptors (Lipinski definition) is 2. The Hall–Kier alpha value is -0.830. The average molecular weight is 219 g/mol. The second-order valence-electron chi connectivity index (χ2n) is 5.27. The van der Waals surface area contributed by atoms with Crippen LogP contribution in [-0.4, -0.2) is 16.1 Å². The van der Waals surface area contributed by atoms with Crippen LogP contribution < -0.4 is 5.32 Å². The smallest absolute Gasteiger partial charge is 0.125 e. The molecule has 0 amide bonds. The lowest BCUT2D eigenvalue weighted by Gasteiger charge is -2.09. The van der Waals surface area contributed by atoms with Gasteiger partial charge in [0.2, 0.25) is 0 Å². The molecule has 1 saturated carbocycles. The molecule has 1 aromatic rings. The number of aromatic nitrogens is 2. The van der Waals surface area contributed by atoms with Crippen LogP contribution in [0, 0.1) is 0 Å². The minimum absolute atomic E-state index is 0.500. The summed E-state index contributed by atoms with van der Waals surface area (Å²) in [6.07, 6.45) is 10.2. The first-order valence-corrected chi connectivity index (χ1v) is 6.61. The molecule has 3 heteroatoms. The monoisotopic (exact) mass is 219 g/mol. The van der Waals surface area contributed by atoms with Gasteiger partial charge in [0.1, 0.15) is 5.82 Å². The Bertz CT molecular complexity index is 357. The molecule has 1 aliphatic heterocycles. The van der Waals surface area contributed by atoms with E-state index in [2.05, 4.69) is 23.1 Å². The van der Waals surface area contributed by atoms with Gasteiger partial charge in [-0.2, -0.15) is 0 Å². The molecule has 1 saturated heterocycles. The predicted molar refractivity (Wildman–Crippen MR) is 64.4 cm³/mol. The molecule has 16 heavy (non-hydrogen) atoms. The number of hydrogen-bond donors (Lipinski definition) is 1. The molecular formula is C13H21N3. The van der Waals surface area contributed by atoms with Crippen LogP contribution in [0.15, 0.2) is 6.20 Å². The van der Waals surface area contributed by atoms with E-state index in [1.165, 1.54) is 50.0 Å². The van der Waals surface area contributed by atoms with Crippen molar-refractivity contribution in [2.75, 3.05) is 6.54 Å². The molecule has 0 aromatic carbocycles. The Balaban J connectivity index is 1.83. The van der Waals surface area contributed by atoms with Crippen LogP contribution in [0.3, 0.4) is 0 Å². The van der Waals surface area contributed by atoms with Crippen LogP contribution in [0.25, 0.3) is 0 Å². The molecule has 2 fully saturated rings. The fraction of sp³-hybridized carbons (Fsp3) is 0.769. The van der Waals surface area contributed by atoms with Crippen LogP contribution >= 0.6 is 0 Å². The van der Waals surface area contributed by atoms with Gasteiger partial charge in [0.25, 0.3) is 0 Å². The molecule has 3 rings (SSSR count). The summed E-state index contributed by atoms with van der Waals surface area (Å²) < 4.78 is 2.23. The molecule has 0 bridgehead atoms. The van der Waals surface area contributed by atoms with E-state index < -0.39 is 0 Å². The third-order valence-corrected chi connectivity index (χ3v) is 4.08. The van der Waals surface area contributed by atoms with Crippen LogP contribution in [0.4, 0.5) is 0 Å². The maximum Gasteiger partial charge on any atom is 0.125 e. The molecule has 0 radical (unpaired) electrons. The lowest BCUT2D eigenvalue weighted by Crippen LogP contribution is -2.16. The molecule has 0 spiro atoms. The minimum atomic E-state index is 0.500. The third-order valence-electron chi connectivity index (χ3n) is 4.08. The first-order chi connectivity index (χ1) is 7.84. The summed E-state index contributed by atoms with van der Waals surface area (Å²) in [5, 5.41) is 3.53. The molecule has 2 heterocycles. The number of rotatable bonds is 2. The molecule has 88 valence electrons. The van der Waals surface area contributed by atoms with E-state index in [-0.39, 0.29) is 0 Å². The third kappa shape index (κ3) is 1.77. The molecule has 1 unspecified atom stereocenters. The summed E-state index contributed by atoms with van der Waals surface area (Å²) in [6, 6.07) is 0.500. The molecular weight excluding hydrogens is 198 g/mol. The second kappa shape index (κ2) is 4.21. The summed E-state index contributed by atoms with van der Waals surface area (Å²) in [5.74, 6) is 1.99. The van der Waals surface area contributed by atoms with Crippen molar-refractivity contribution >= 4 is 0 Å². The van der Waals surface area contributed by atoms with Gasteiger partial charge in [-0.1, -0.05) is 12.8 Å². The lowest BCUT2D eigenvalue weighted by atomic mass is 10.1. The largest absolute Gasteiger partial charge is 0.336 e.